The molecule has 0 spiro atoms. The molecule has 1 fully saturated rings. The molecule has 0 saturated carbocycles. The zero-order valence-corrected chi connectivity index (χ0v) is 13.8. The minimum Gasteiger partial charge on any atom is -0.494 e. The van der Waals surface area contributed by atoms with Crippen molar-refractivity contribution in [1.82, 2.24) is 5.32 Å². The molecule has 0 bridgehead atoms. The van der Waals surface area contributed by atoms with Crippen LogP contribution in [0.3, 0.4) is 0 Å². The normalized spacial score (nSPS) is 17.3. The zero-order valence-electron chi connectivity index (χ0n) is 13.0. The first-order valence-corrected chi connectivity index (χ1v) is 8.24. The summed E-state index contributed by atoms with van der Waals surface area (Å²) in [7, 11) is 0. The van der Waals surface area contributed by atoms with Gasteiger partial charge >= 0.3 is 0 Å². The van der Waals surface area contributed by atoms with Gasteiger partial charge in [-0.2, -0.15) is 0 Å². The minimum absolute atomic E-state index is 0.199. The minimum atomic E-state index is -0.321. The highest BCUT2D eigenvalue weighted by Gasteiger charge is 2.23. The van der Waals surface area contributed by atoms with E-state index in [1.165, 1.54) is 23.9 Å². The molecule has 0 unspecified atom stereocenters. The van der Waals surface area contributed by atoms with Crippen molar-refractivity contribution in [3.8, 4) is 5.75 Å². The summed E-state index contributed by atoms with van der Waals surface area (Å²) in [5.41, 5.74) is 1.49. The van der Waals surface area contributed by atoms with E-state index >= 15 is 0 Å². The number of halogens is 1. The Morgan fingerprint density at radius 2 is 1.88 bits per heavy atom. The predicted octanol–water partition coefficient (Wildman–Crippen LogP) is 4.12. The van der Waals surface area contributed by atoms with Gasteiger partial charge < -0.3 is 10.1 Å². The third kappa shape index (κ3) is 4.02. The van der Waals surface area contributed by atoms with Gasteiger partial charge in [-0.05, 0) is 66.7 Å². The van der Waals surface area contributed by atoms with Gasteiger partial charge in [-0.15, -0.1) is 0 Å². The van der Waals surface area contributed by atoms with E-state index in [-0.39, 0.29) is 11.7 Å². The van der Waals surface area contributed by atoms with E-state index in [2.05, 4.69) is 10.3 Å². The molecular formula is C18H15FN2O2S. The molecule has 3 rings (SSSR count). The maximum Gasteiger partial charge on any atom is 0.264 e. The second-order valence-electron chi connectivity index (χ2n) is 4.96. The predicted molar refractivity (Wildman–Crippen MR) is 94.8 cm³/mol. The van der Waals surface area contributed by atoms with Crippen molar-refractivity contribution in [2.24, 2.45) is 4.99 Å². The zero-order chi connectivity index (χ0) is 16.9. The number of ether oxygens (including phenoxy) is 1. The van der Waals surface area contributed by atoms with Crippen molar-refractivity contribution >= 4 is 34.6 Å². The summed E-state index contributed by atoms with van der Waals surface area (Å²) in [5.74, 6) is 0.273. The standard InChI is InChI=1S/C18H15FN2O2S/c1-2-23-15-9-3-12(4-10-15)11-16-17(22)21-18(24-16)20-14-7-5-13(19)6-8-14/h3-11H,2H2,1H3,(H,20,21,22)/b16-11+. The van der Waals surface area contributed by atoms with Crippen LogP contribution in [0, 0.1) is 5.82 Å². The van der Waals surface area contributed by atoms with Gasteiger partial charge in [0.15, 0.2) is 5.17 Å². The topological polar surface area (TPSA) is 50.7 Å². The first kappa shape index (κ1) is 16.3. The molecule has 1 aliphatic heterocycles. The van der Waals surface area contributed by atoms with Crippen LogP contribution in [0.4, 0.5) is 10.1 Å². The van der Waals surface area contributed by atoms with E-state index in [9.17, 15) is 9.18 Å². The fourth-order valence-electron chi connectivity index (χ4n) is 2.09. The van der Waals surface area contributed by atoms with Crippen LogP contribution in [0.15, 0.2) is 58.4 Å². The molecule has 1 heterocycles. The molecule has 0 aromatic heterocycles. The van der Waals surface area contributed by atoms with Crippen molar-refractivity contribution in [2.45, 2.75) is 6.92 Å². The van der Waals surface area contributed by atoms with Crippen molar-refractivity contribution in [2.75, 3.05) is 6.61 Å². The Labute approximate surface area is 143 Å². The number of aliphatic imine (C=N–C) groups is 1. The molecule has 2 aromatic carbocycles. The van der Waals surface area contributed by atoms with Gasteiger partial charge in [0.1, 0.15) is 11.6 Å². The molecule has 1 aliphatic rings. The largest absolute Gasteiger partial charge is 0.494 e. The van der Waals surface area contributed by atoms with Gasteiger partial charge in [0.2, 0.25) is 0 Å². The van der Waals surface area contributed by atoms with Gasteiger partial charge in [0, 0.05) is 0 Å². The first-order chi connectivity index (χ1) is 11.6. The molecule has 1 N–H and O–H groups in total. The van der Waals surface area contributed by atoms with E-state index in [4.69, 9.17) is 4.74 Å². The summed E-state index contributed by atoms with van der Waals surface area (Å²) in [5, 5.41) is 3.18. The fraction of sp³-hybridized carbons (Fsp3) is 0.111. The van der Waals surface area contributed by atoms with E-state index in [1.54, 1.807) is 18.2 Å². The second kappa shape index (κ2) is 7.31. The molecule has 122 valence electrons. The van der Waals surface area contributed by atoms with Gasteiger partial charge in [-0.3, -0.25) is 4.79 Å². The molecule has 2 aromatic rings. The van der Waals surface area contributed by atoms with E-state index in [0.717, 1.165) is 11.3 Å². The van der Waals surface area contributed by atoms with Crippen LogP contribution in [0.25, 0.3) is 6.08 Å². The van der Waals surface area contributed by atoms with Crippen LogP contribution in [0.2, 0.25) is 0 Å². The van der Waals surface area contributed by atoms with Crippen molar-refractivity contribution in [3.63, 3.8) is 0 Å². The second-order valence-corrected chi connectivity index (χ2v) is 5.99. The number of hydrogen-bond donors (Lipinski definition) is 1. The third-order valence-corrected chi connectivity index (χ3v) is 4.11. The monoisotopic (exact) mass is 342 g/mol. The van der Waals surface area contributed by atoms with Crippen LogP contribution in [-0.2, 0) is 4.79 Å². The third-order valence-electron chi connectivity index (χ3n) is 3.20. The summed E-state index contributed by atoms with van der Waals surface area (Å²) in [6, 6.07) is 13.3. The van der Waals surface area contributed by atoms with E-state index in [1.807, 2.05) is 31.2 Å². The smallest absolute Gasteiger partial charge is 0.264 e. The molecule has 24 heavy (non-hydrogen) atoms. The molecule has 1 amide bonds. The summed E-state index contributed by atoms with van der Waals surface area (Å²) in [4.78, 5) is 16.9. The summed E-state index contributed by atoms with van der Waals surface area (Å²) in [6.45, 7) is 2.54. The number of benzene rings is 2. The number of nitrogens with zero attached hydrogens (tertiary/aromatic N) is 1. The average molecular weight is 342 g/mol. The molecule has 4 nitrogen and oxygen atoms in total. The lowest BCUT2D eigenvalue weighted by Gasteiger charge is -2.02. The molecular weight excluding hydrogens is 327 g/mol. The quantitative estimate of drug-likeness (QED) is 0.851. The number of rotatable bonds is 4. The van der Waals surface area contributed by atoms with E-state index in [0.29, 0.717) is 22.4 Å². The van der Waals surface area contributed by atoms with Crippen molar-refractivity contribution in [1.29, 1.82) is 0 Å². The van der Waals surface area contributed by atoms with Crippen LogP contribution < -0.4 is 10.1 Å². The molecule has 0 radical (unpaired) electrons. The van der Waals surface area contributed by atoms with Crippen molar-refractivity contribution in [3.05, 3.63) is 64.8 Å². The summed E-state index contributed by atoms with van der Waals surface area (Å²) >= 11 is 1.25. The Morgan fingerprint density at radius 3 is 2.54 bits per heavy atom. The molecule has 0 aliphatic carbocycles. The number of nitrogens with one attached hydrogen (secondary N) is 1. The lowest BCUT2D eigenvalue weighted by atomic mass is 10.2. The lowest BCUT2D eigenvalue weighted by molar-refractivity contribution is -0.115. The van der Waals surface area contributed by atoms with E-state index < -0.39 is 0 Å². The maximum absolute atomic E-state index is 12.9. The first-order valence-electron chi connectivity index (χ1n) is 7.42. The average Bonchev–Trinajstić information content (AvgIpc) is 2.91. The number of amidine groups is 1. The number of carbonyl (C=O) groups is 1. The summed E-state index contributed by atoms with van der Waals surface area (Å²) < 4.78 is 18.3. The Bertz CT molecular complexity index is 799. The Kier molecular flexibility index (Phi) is 4.96. The number of hydrogen-bond acceptors (Lipinski definition) is 4. The van der Waals surface area contributed by atoms with Gasteiger partial charge in [-0.25, -0.2) is 9.38 Å². The van der Waals surface area contributed by atoms with Crippen molar-refractivity contribution < 1.29 is 13.9 Å². The fourth-order valence-corrected chi connectivity index (χ4v) is 2.93. The number of carbonyl (C=O) groups excluding carboxylic acids is 1. The van der Waals surface area contributed by atoms with Crippen LogP contribution in [0.5, 0.6) is 5.75 Å². The number of thioether (sulfide) groups is 1. The maximum atomic E-state index is 12.9. The molecule has 6 heteroatoms. The van der Waals surface area contributed by atoms with Gasteiger partial charge in [-0.1, -0.05) is 12.1 Å². The molecule has 0 atom stereocenters. The van der Waals surface area contributed by atoms with Gasteiger partial charge in [0.25, 0.3) is 5.91 Å². The SMILES string of the molecule is CCOc1ccc(/C=C2/SC(=Nc3ccc(F)cc3)NC2=O)cc1. The highest BCUT2D eigenvalue weighted by Crippen LogP contribution is 2.28. The highest BCUT2D eigenvalue weighted by molar-refractivity contribution is 8.18. The Balaban J connectivity index is 1.75. The highest BCUT2D eigenvalue weighted by atomic mass is 32.2. The lowest BCUT2D eigenvalue weighted by Crippen LogP contribution is -2.19. The van der Waals surface area contributed by atoms with Crippen LogP contribution >= 0.6 is 11.8 Å². The van der Waals surface area contributed by atoms with Crippen LogP contribution in [-0.4, -0.2) is 17.7 Å². The Morgan fingerprint density at radius 1 is 1.17 bits per heavy atom. The Hall–Kier alpha value is -2.60. The summed E-state index contributed by atoms with van der Waals surface area (Å²) in [6.07, 6.45) is 1.79. The molecule has 1 saturated heterocycles. The van der Waals surface area contributed by atoms with Crippen LogP contribution in [0.1, 0.15) is 12.5 Å². The number of amides is 1. The van der Waals surface area contributed by atoms with Gasteiger partial charge in [0.05, 0.1) is 17.2 Å².